The molecule has 1 aromatic rings. The maximum Gasteiger partial charge on any atom is 0.326 e. The number of hydrogen-bond donors (Lipinski definition) is 4. The predicted octanol–water partition coefficient (Wildman–Crippen LogP) is -0.233. The van der Waals surface area contributed by atoms with Gasteiger partial charge in [0, 0.05) is 6.04 Å². The normalized spacial score (nSPS) is 14.8. The number of rotatable bonds is 7. The van der Waals surface area contributed by atoms with E-state index in [0.29, 0.717) is 0 Å². The van der Waals surface area contributed by atoms with Crippen LogP contribution in [0, 0.1) is 5.92 Å². The second-order valence-electron chi connectivity index (χ2n) is 4.79. The topological polar surface area (TPSA) is 136 Å². The van der Waals surface area contributed by atoms with Crippen LogP contribution in [0.1, 0.15) is 24.9 Å². The summed E-state index contributed by atoms with van der Waals surface area (Å²) in [6.07, 6.45) is -0.464. The number of hydrogen-bond acceptors (Lipinski definition) is 4. The molecule has 6 N–H and O–H groups in total. The van der Waals surface area contributed by atoms with Crippen molar-refractivity contribution in [3.05, 3.63) is 35.9 Å². The monoisotopic (exact) mass is 293 g/mol. The number of aliphatic carboxylic acids is 1. The Hall–Kier alpha value is -2.41. The van der Waals surface area contributed by atoms with Crippen LogP contribution in [-0.2, 0) is 14.4 Å². The lowest BCUT2D eigenvalue weighted by Crippen LogP contribution is -2.46. The maximum absolute atomic E-state index is 12.0. The molecule has 3 atom stereocenters. The van der Waals surface area contributed by atoms with Gasteiger partial charge < -0.3 is 21.9 Å². The van der Waals surface area contributed by atoms with Crippen molar-refractivity contribution in [2.75, 3.05) is 0 Å². The summed E-state index contributed by atoms with van der Waals surface area (Å²) in [5, 5.41) is 11.2. The zero-order valence-corrected chi connectivity index (χ0v) is 11.7. The van der Waals surface area contributed by atoms with Gasteiger partial charge in [0.1, 0.15) is 6.04 Å². The number of carboxylic acids is 1. The van der Waals surface area contributed by atoms with Gasteiger partial charge in [0.05, 0.1) is 12.3 Å². The van der Waals surface area contributed by atoms with Gasteiger partial charge in [0.2, 0.25) is 11.8 Å². The van der Waals surface area contributed by atoms with Crippen LogP contribution in [-0.4, -0.2) is 28.9 Å². The molecule has 7 nitrogen and oxygen atoms in total. The second-order valence-corrected chi connectivity index (χ2v) is 4.79. The average Bonchev–Trinajstić information content (AvgIpc) is 2.45. The van der Waals surface area contributed by atoms with Crippen molar-refractivity contribution in [3.8, 4) is 0 Å². The van der Waals surface area contributed by atoms with Gasteiger partial charge in [-0.05, 0) is 5.56 Å². The Kier molecular flexibility index (Phi) is 5.86. The van der Waals surface area contributed by atoms with E-state index in [1.807, 2.05) is 6.07 Å². The standard InChI is InChI=1S/C14H19N3O4/c1-8(12(16)9-5-3-2-4-6-9)13(19)17-10(14(20)21)7-11(15)18/h2-6,8,10,12H,7,16H2,1H3,(H2,15,18)(H,17,19)(H,20,21)/t8?,10-,12?/m1/s1. The third-order valence-corrected chi connectivity index (χ3v) is 3.16. The first-order valence-corrected chi connectivity index (χ1v) is 6.45. The molecule has 0 radical (unpaired) electrons. The summed E-state index contributed by atoms with van der Waals surface area (Å²) in [6.45, 7) is 1.59. The highest BCUT2D eigenvalue weighted by Gasteiger charge is 2.27. The molecular weight excluding hydrogens is 274 g/mol. The molecule has 2 amide bonds. The fraction of sp³-hybridized carbons (Fsp3) is 0.357. The average molecular weight is 293 g/mol. The SMILES string of the molecule is CC(C(=O)N[C@H](CC(N)=O)C(=O)O)C(N)c1ccccc1. The first-order chi connectivity index (χ1) is 9.82. The molecule has 0 heterocycles. The Morgan fingerprint density at radius 3 is 2.29 bits per heavy atom. The van der Waals surface area contributed by atoms with Crippen molar-refractivity contribution in [2.45, 2.75) is 25.4 Å². The van der Waals surface area contributed by atoms with Gasteiger partial charge in [-0.25, -0.2) is 4.79 Å². The number of carboxylic acid groups (broad SMARTS) is 1. The number of amides is 2. The second kappa shape index (κ2) is 7.39. The Balaban J connectivity index is 2.73. The summed E-state index contributed by atoms with van der Waals surface area (Å²) in [5.74, 6) is -3.31. The molecule has 0 bridgehead atoms. The Labute approximate surface area is 122 Å². The van der Waals surface area contributed by atoms with E-state index < -0.39 is 42.2 Å². The molecule has 0 saturated carbocycles. The zero-order chi connectivity index (χ0) is 16.0. The Morgan fingerprint density at radius 2 is 1.81 bits per heavy atom. The van der Waals surface area contributed by atoms with Crippen molar-refractivity contribution >= 4 is 17.8 Å². The van der Waals surface area contributed by atoms with Crippen LogP contribution in [0.25, 0.3) is 0 Å². The molecule has 1 aromatic carbocycles. The summed E-state index contributed by atoms with van der Waals surface area (Å²) in [6, 6.07) is 7.07. The molecule has 0 fully saturated rings. The highest BCUT2D eigenvalue weighted by Crippen LogP contribution is 2.19. The van der Waals surface area contributed by atoms with Crippen LogP contribution >= 0.6 is 0 Å². The first kappa shape index (κ1) is 16.6. The van der Waals surface area contributed by atoms with E-state index in [-0.39, 0.29) is 0 Å². The van der Waals surface area contributed by atoms with Crippen LogP contribution in [0.4, 0.5) is 0 Å². The van der Waals surface area contributed by atoms with E-state index in [4.69, 9.17) is 16.6 Å². The van der Waals surface area contributed by atoms with Crippen LogP contribution in [0.15, 0.2) is 30.3 Å². The highest BCUT2D eigenvalue weighted by atomic mass is 16.4. The minimum absolute atomic E-state index is 0.464. The van der Waals surface area contributed by atoms with Crippen LogP contribution in [0.5, 0.6) is 0 Å². The third-order valence-electron chi connectivity index (χ3n) is 3.16. The van der Waals surface area contributed by atoms with Crippen LogP contribution in [0.3, 0.4) is 0 Å². The van der Waals surface area contributed by atoms with E-state index in [0.717, 1.165) is 5.56 Å². The van der Waals surface area contributed by atoms with E-state index in [1.165, 1.54) is 0 Å². The van der Waals surface area contributed by atoms with E-state index in [1.54, 1.807) is 31.2 Å². The van der Waals surface area contributed by atoms with E-state index in [9.17, 15) is 14.4 Å². The lowest BCUT2D eigenvalue weighted by molar-refractivity contribution is -0.144. The smallest absolute Gasteiger partial charge is 0.326 e. The van der Waals surface area contributed by atoms with Crippen molar-refractivity contribution < 1.29 is 19.5 Å². The third kappa shape index (κ3) is 4.88. The van der Waals surface area contributed by atoms with Crippen molar-refractivity contribution in [2.24, 2.45) is 17.4 Å². The number of primary amides is 1. The number of nitrogens with one attached hydrogen (secondary N) is 1. The first-order valence-electron chi connectivity index (χ1n) is 6.45. The summed E-state index contributed by atoms with van der Waals surface area (Å²) in [4.78, 5) is 33.8. The molecular formula is C14H19N3O4. The molecule has 0 aliphatic rings. The van der Waals surface area contributed by atoms with Gasteiger partial charge in [-0.3, -0.25) is 9.59 Å². The molecule has 0 saturated heterocycles. The molecule has 0 aromatic heterocycles. The van der Waals surface area contributed by atoms with Crippen LogP contribution < -0.4 is 16.8 Å². The Morgan fingerprint density at radius 1 is 1.24 bits per heavy atom. The molecule has 1 rings (SSSR count). The maximum atomic E-state index is 12.0. The van der Waals surface area contributed by atoms with Gasteiger partial charge in [-0.15, -0.1) is 0 Å². The van der Waals surface area contributed by atoms with Gasteiger partial charge in [-0.1, -0.05) is 37.3 Å². The van der Waals surface area contributed by atoms with Crippen LogP contribution in [0.2, 0.25) is 0 Å². The van der Waals surface area contributed by atoms with Gasteiger partial charge in [0.25, 0.3) is 0 Å². The van der Waals surface area contributed by atoms with Crippen molar-refractivity contribution in [3.63, 3.8) is 0 Å². The summed E-state index contributed by atoms with van der Waals surface area (Å²) in [7, 11) is 0. The predicted molar refractivity (Wildman–Crippen MR) is 75.9 cm³/mol. The Bertz CT molecular complexity index is 518. The lowest BCUT2D eigenvalue weighted by atomic mass is 9.94. The minimum Gasteiger partial charge on any atom is -0.480 e. The molecule has 114 valence electrons. The summed E-state index contributed by atoms with van der Waals surface area (Å²) in [5.41, 5.74) is 11.7. The van der Waals surface area contributed by atoms with Gasteiger partial charge in [0.15, 0.2) is 0 Å². The fourth-order valence-electron chi connectivity index (χ4n) is 1.83. The number of carbonyl (C=O) groups excluding carboxylic acids is 2. The summed E-state index contributed by atoms with van der Waals surface area (Å²) < 4.78 is 0. The van der Waals surface area contributed by atoms with E-state index in [2.05, 4.69) is 5.32 Å². The number of carbonyl (C=O) groups is 3. The minimum atomic E-state index is -1.35. The van der Waals surface area contributed by atoms with Crippen molar-refractivity contribution in [1.29, 1.82) is 0 Å². The quantitative estimate of drug-likeness (QED) is 0.550. The molecule has 21 heavy (non-hydrogen) atoms. The van der Waals surface area contributed by atoms with Crippen molar-refractivity contribution in [1.82, 2.24) is 5.32 Å². The fourth-order valence-corrected chi connectivity index (χ4v) is 1.83. The highest BCUT2D eigenvalue weighted by molar-refractivity contribution is 5.89. The lowest BCUT2D eigenvalue weighted by Gasteiger charge is -2.22. The molecule has 2 unspecified atom stereocenters. The van der Waals surface area contributed by atoms with Gasteiger partial charge in [-0.2, -0.15) is 0 Å². The molecule has 0 spiro atoms. The summed E-state index contributed by atoms with van der Waals surface area (Å²) >= 11 is 0. The molecule has 7 heteroatoms. The van der Waals surface area contributed by atoms with E-state index >= 15 is 0 Å². The number of benzene rings is 1. The zero-order valence-electron chi connectivity index (χ0n) is 11.7. The molecule has 0 aliphatic heterocycles. The number of nitrogens with two attached hydrogens (primary N) is 2. The largest absolute Gasteiger partial charge is 0.480 e. The molecule has 0 aliphatic carbocycles. The van der Waals surface area contributed by atoms with Gasteiger partial charge >= 0.3 is 5.97 Å².